The summed E-state index contributed by atoms with van der Waals surface area (Å²) >= 11 is 1.31. The Morgan fingerprint density at radius 1 is 1.48 bits per heavy atom. The molecule has 0 N–H and O–H groups in total. The predicted molar refractivity (Wildman–Crippen MR) is 81.7 cm³/mol. The number of thiazole rings is 1. The average Bonchev–Trinajstić information content (AvgIpc) is 2.86. The van der Waals surface area contributed by atoms with Crippen molar-refractivity contribution in [3.8, 4) is 12.3 Å². The minimum Gasteiger partial charge on any atom is -0.469 e. The summed E-state index contributed by atoms with van der Waals surface area (Å²) in [6.45, 7) is 0. The van der Waals surface area contributed by atoms with Crippen molar-refractivity contribution in [1.29, 1.82) is 0 Å². The van der Waals surface area contributed by atoms with Crippen molar-refractivity contribution in [3.63, 3.8) is 0 Å². The summed E-state index contributed by atoms with van der Waals surface area (Å²) in [6.07, 6.45) is 6.84. The highest BCUT2D eigenvalue weighted by molar-refractivity contribution is 7.14. The van der Waals surface area contributed by atoms with Gasteiger partial charge < -0.3 is 4.74 Å². The van der Waals surface area contributed by atoms with Crippen LogP contribution < -0.4 is 5.01 Å². The summed E-state index contributed by atoms with van der Waals surface area (Å²) in [4.78, 5) is 27.8. The van der Waals surface area contributed by atoms with E-state index in [1.807, 2.05) is 0 Å². The second-order valence-electron chi connectivity index (χ2n) is 4.48. The van der Waals surface area contributed by atoms with Gasteiger partial charge in [-0.25, -0.2) is 15.0 Å². The molecular weight excluding hydrogens is 290 g/mol. The van der Waals surface area contributed by atoms with E-state index in [4.69, 9.17) is 6.42 Å². The summed E-state index contributed by atoms with van der Waals surface area (Å²) in [5.41, 5.74) is 0.588. The lowest BCUT2D eigenvalue weighted by atomic mass is 10.2. The molecule has 0 radical (unpaired) electrons. The number of nitrogens with zero attached hydrogens (tertiary/aromatic N) is 3. The number of hydrazine groups is 1. The maximum atomic E-state index is 12.2. The molecule has 1 aromatic rings. The molecule has 0 aromatic carbocycles. The molecule has 0 bridgehead atoms. The van der Waals surface area contributed by atoms with Gasteiger partial charge >= 0.3 is 5.97 Å². The van der Waals surface area contributed by atoms with Gasteiger partial charge in [-0.1, -0.05) is 0 Å². The summed E-state index contributed by atoms with van der Waals surface area (Å²) in [6, 6.07) is 0. The van der Waals surface area contributed by atoms with Gasteiger partial charge in [-0.15, -0.1) is 23.7 Å². The molecule has 0 atom stereocenters. The highest BCUT2D eigenvalue weighted by Gasteiger charge is 2.21. The molecule has 0 unspecified atom stereocenters. The fourth-order valence-corrected chi connectivity index (χ4v) is 2.56. The Hall–Kier alpha value is -1.91. The third-order valence-corrected chi connectivity index (χ3v) is 3.49. The Labute approximate surface area is 128 Å². The number of ether oxygens (including phenoxy) is 1. The molecule has 7 heteroatoms. The smallest absolute Gasteiger partial charge is 0.311 e. The van der Waals surface area contributed by atoms with Gasteiger partial charge in [-0.3, -0.25) is 9.59 Å². The van der Waals surface area contributed by atoms with Gasteiger partial charge in [0.2, 0.25) is 11.0 Å². The number of carbonyl (C=O) groups is 2. The van der Waals surface area contributed by atoms with E-state index in [0.717, 1.165) is 0 Å². The minimum absolute atomic E-state index is 0.0748. The van der Waals surface area contributed by atoms with Crippen LogP contribution in [0.5, 0.6) is 0 Å². The molecule has 0 aliphatic carbocycles. The highest BCUT2D eigenvalue weighted by atomic mass is 32.1. The Morgan fingerprint density at radius 3 is 2.76 bits per heavy atom. The van der Waals surface area contributed by atoms with Crippen LogP contribution in [-0.2, 0) is 20.7 Å². The third kappa shape index (κ3) is 5.17. The quantitative estimate of drug-likeness (QED) is 0.330. The number of unbranched alkanes of at least 4 members (excludes halogenated alkanes) is 1. The number of hydrogen-bond acceptors (Lipinski definition) is 6. The van der Waals surface area contributed by atoms with Crippen LogP contribution in [0.15, 0.2) is 5.38 Å². The standard InChI is InChI=1S/C14H19N3O3S/c1-5-6-7-8-12(18)17(16(2)3)14-15-11(10-21-14)9-13(19)20-4/h1,10H,6-9H2,2-4H3. The molecule has 0 fully saturated rings. The highest BCUT2D eigenvalue weighted by Crippen LogP contribution is 2.23. The van der Waals surface area contributed by atoms with Gasteiger partial charge in [-0.2, -0.15) is 0 Å². The van der Waals surface area contributed by atoms with Crippen molar-refractivity contribution in [2.45, 2.75) is 25.7 Å². The van der Waals surface area contributed by atoms with E-state index in [-0.39, 0.29) is 18.3 Å². The number of terminal acetylenes is 1. The lowest BCUT2D eigenvalue weighted by Crippen LogP contribution is -2.42. The number of rotatable bonds is 7. The molecule has 0 saturated carbocycles. The normalized spacial score (nSPS) is 10.2. The topological polar surface area (TPSA) is 62.7 Å². The van der Waals surface area contributed by atoms with E-state index < -0.39 is 0 Å². The number of esters is 1. The fraction of sp³-hybridized carbons (Fsp3) is 0.500. The van der Waals surface area contributed by atoms with Crippen molar-refractivity contribution < 1.29 is 14.3 Å². The monoisotopic (exact) mass is 309 g/mol. The number of anilines is 1. The molecule has 1 heterocycles. The third-order valence-electron chi connectivity index (χ3n) is 2.62. The number of carbonyl (C=O) groups excluding carboxylic acids is 2. The first kappa shape index (κ1) is 17.1. The van der Waals surface area contributed by atoms with E-state index in [1.165, 1.54) is 23.5 Å². The summed E-state index contributed by atoms with van der Waals surface area (Å²) in [7, 11) is 4.86. The lowest BCUT2D eigenvalue weighted by molar-refractivity contribution is -0.139. The van der Waals surface area contributed by atoms with Crippen LogP contribution in [0, 0.1) is 12.3 Å². The van der Waals surface area contributed by atoms with Crippen molar-refractivity contribution >= 4 is 28.3 Å². The van der Waals surface area contributed by atoms with E-state index >= 15 is 0 Å². The first-order valence-corrected chi connectivity index (χ1v) is 7.32. The van der Waals surface area contributed by atoms with Gasteiger partial charge in [0.15, 0.2) is 0 Å². The average molecular weight is 309 g/mol. The summed E-state index contributed by atoms with van der Waals surface area (Å²) < 4.78 is 4.60. The minimum atomic E-state index is -0.358. The second kappa shape index (κ2) is 8.39. The van der Waals surface area contributed by atoms with E-state index in [0.29, 0.717) is 30.1 Å². The number of methoxy groups -OCH3 is 1. The Balaban J connectivity index is 2.79. The van der Waals surface area contributed by atoms with Crippen LogP contribution in [0.2, 0.25) is 0 Å². The maximum absolute atomic E-state index is 12.2. The molecule has 114 valence electrons. The van der Waals surface area contributed by atoms with E-state index in [9.17, 15) is 9.59 Å². The first-order valence-electron chi connectivity index (χ1n) is 6.44. The molecule has 0 aliphatic rings. The van der Waals surface area contributed by atoms with Crippen LogP contribution in [0.1, 0.15) is 25.0 Å². The lowest BCUT2D eigenvalue weighted by Gasteiger charge is -2.26. The van der Waals surface area contributed by atoms with E-state index in [1.54, 1.807) is 24.5 Å². The predicted octanol–water partition coefficient (Wildman–Crippen LogP) is 1.47. The number of aromatic nitrogens is 1. The Bertz CT molecular complexity index is 534. The second-order valence-corrected chi connectivity index (χ2v) is 5.32. The van der Waals surface area contributed by atoms with Crippen LogP contribution in [0.25, 0.3) is 0 Å². The zero-order chi connectivity index (χ0) is 15.8. The molecule has 6 nitrogen and oxygen atoms in total. The van der Waals surface area contributed by atoms with Crippen molar-refractivity contribution in [2.75, 3.05) is 26.2 Å². The summed E-state index contributed by atoms with van der Waals surface area (Å²) in [5.74, 6) is 2.08. The summed E-state index contributed by atoms with van der Waals surface area (Å²) in [5, 5.41) is 5.43. The molecule has 1 aromatic heterocycles. The number of amides is 1. The van der Waals surface area contributed by atoms with Gasteiger partial charge in [0, 0.05) is 32.3 Å². The zero-order valence-electron chi connectivity index (χ0n) is 12.5. The van der Waals surface area contributed by atoms with Crippen molar-refractivity contribution in [3.05, 3.63) is 11.1 Å². The SMILES string of the molecule is C#CCCCC(=O)N(c1nc(CC(=O)OC)cs1)N(C)C. The van der Waals surface area contributed by atoms with Crippen LogP contribution >= 0.6 is 11.3 Å². The zero-order valence-corrected chi connectivity index (χ0v) is 13.3. The molecular formula is C14H19N3O3S. The molecule has 21 heavy (non-hydrogen) atoms. The molecule has 1 rings (SSSR count). The van der Waals surface area contributed by atoms with Crippen molar-refractivity contribution in [1.82, 2.24) is 9.99 Å². The largest absolute Gasteiger partial charge is 0.469 e. The Kier molecular flexibility index (Phi) is 6.85. The fourth-order valence-electron chi connectivity index (χ4n) is 1.64. The van der Waals surface area contributed by atoms with Gasteiger partial charge in [0.05, 0.1) is 19.2 Å². The van der Waals surface area contributed by atoms with Gasteiger partial charge in [0.1, 0.15) is 0 Å². The molecule has 1 amide bonds. The van der Waals surface area contributed by atoms with Gasteiger partial charge in [-0.05, 0) is 6.42 Å². The van der Waals surface area contributed by atoms with Crippen molar-refractivity contribution in [2.24, 2.45) is 0 Å². The van der Waals surface area contributed by atoms with E-state index in [2.05, 4.69) is 15.6 Å². The maximum Gasteiger partial charge on any atom is 0.311 e. The first-order chi connectivity index (χ1) is 9.99. The number of hydrogen-bond donors (Lipinski definition) is 0. The molecule has 0 spiro atoms. The van der Waals surface area contributed by atoms with Crippen LogP contribution in [0.4, 0.5) is 5.13 Å². The molecule has 0 saturated heterocycles. The Morgan fingerprint density at radius 2 is 2.19 bits per heavy atom. The van der Waals surface area contributed by atoms with Gasteiger partial charge in [0.25, 0.3) is 0 Å². The van der Waals surface area contributed by atoms with Crippen LogP contribution in [0.3, 0.4) is 0 Å². The molecule has 0 aliphatic heterocycles. The van der Waals surface area contributed by atoms with Crippen LogP contribution in [-0.4, -0.2) is 43.1 Å².